The molecule has 1 amide bonds. The van der Waals surface area contributed by atoms with Crippen LogP contribution in [0.1, 0.15) is 29.1 Å². The normalized spacial score (nSPS) is 17.2. The Hall–Kier alpha value is -1.69. The van der Waals surface area contributed by atoms with Crippen molar-refractivity contribution < 1.29 is 4.79 Å². The summed E-state index contributed by atoms with van der Waals surface area (Å²) in [5.41, 5.74) is 2.49. The SMILES string of the molecule is Cc1nc2n(n1)CC(=O)Nc1sc3c(c1-2)CCCC3. The topological polar surface area (TPSA) is 59.8 Å². The maximum absolute atomic E-state index is 11.9. The fourth-order valence-corrected chi connectivity index (χ4v) is 4.24. The van der Waals surface area contributed by atoms with Gasteiger partial charge in [0.2, 0.25) is 5.91 Å². The van der Waals surface area contributed by atoms with Crippen LogP contribution in [0.15, 0.2) is 0 Å². The van der Waals surface area contributed by atoms with Gasteiger partial charge in [0.15, 0.2) is 5.82 Å². The maximum Gasteiger partial charge on any atom is 0.246 e. The first-order valence-corrected chi connectivity index (χ1v) is 7.40. The zero-order valence-corrected chi connectivity index (χ0v) is 11.5. The zero-order valence-electron chi connectivity index (χ0n) is 10.7. The van der Waals surface area contributed by atoms with E-state index in [1.54, 1.807) is 16.0 Å². The van der Waals surface area contributed by atoms with Crippen molar-refractivity contribution in [1.82, 2.24) is 14.8 Å². The van der Waals surface area contributed by atoms with Crippen molar-refractivity contribution in [3.63, 3.8) is 0 Å². The van der Waals surface area contributed by atoms with E-state index in [2.05, 4.69) is 15.4 Å². The lowest BCUT2D eigenvalue weighted by Gasteiger charge is -2.12. The monoisotopic (exact) mass is 274 g/mol. The molecular weight excluding hydrogens is 260 g/mol. The lowest BCUT2D eigenvalue weighted by atomic mass is 9.95. The molecule has 4 rings (SSSR count). The van der Waals surface area contributed by atoms with Gasteiger partial charge in [-0.05, 0) is 38.2 Å². The van der Waals surface area contributed by atoms with E-state index in [9.17, 15) is 4.79 Å². The van der Waals surface area contributed by atoms with E-state index in [-0.39, 0.29) is 12.5 Å². The highest BCUT2D eigenvalue weighted by molar-refractivity contribution is 7.17. The third-order valence-electron chi connectivity index (χ3n) is 3.72. The van der Waals surface area contributed by atoms with Gasteiger partial charge in [0, 0.05) is 4.88 Å². The number of carbonyl (C=O) groups is 1. The summed E-state index contributed by atoms with van der Waals surface area (Å²) >= 11 is 1.71. The summed E-state index contributed by atoms with van der Waals surface area (Å²) in [4.78, 5) is 17.9. The largest absolute Gasteiger partial charge is 0.315 e. The highest BCUT2D eigenvalue weighted by atomic mass is 32.1. The molecule has 0 aromatic carbocycles. The van der Waals surface area contributed by atoms with E-state index >= 15 is 0 Å². The fourth-order valence-electron chi connectivity index (χ4n) is 2.94. The van der Waals surface area contributed by atoms with E-state index in [1.807, 2.05) is 6.92 Å². The van der Waals surface area contributed by atoms with Crippen LogP contribution in [-0.4, -0.2) is 20.7 Å². The summed E-state index contributed by atoms with van der Waals surface area (Å²) in [6.45, 7) is 2.13. The second-order valence-corrected chi connectivity index (χ2v) is 6.21. The average molecular weight is 274 g/mol. The van der Waals surface area contributed by atoms with Gasteiger partial charge in [-0.25, -0.2) is 9.67 Å². The third kappa shape index (κ3) is 1.63. The van der Waals surface area contributed by atoms with Gasteiger partial charge in [0.25, 0.3) is 0 Å². The molecule has 19 heavy (non-hydrogen) atoms. The quantitative estimate of drug-likeness (QED) is 0.800. The Morgan fingerprint density at radius 3 is 3.05 bits per heavy atom. The van der Waals surface area contributed by atoms with Gasteiger partial charge in [-0.2, -0.15) is 5.10 Å². The molecule has 0 saturated carbocycles. The number of hydrogen-bond acceptors (Lipinski definition) is 4. The number of rotatable bonds is 0. The lowest BCUT2D eigenvalue weighted by molar-refractivity contribution is -0.116. The zero-order chi connectivity index (χ0) is 13.0. The molecule has 0 atom stereocenters. The van der Waals surface area contributed by atoms with Crippen molar-refractivity contribution in [2.24, 2.45) is 0 Å². The second kappa shape index (κ2) is 3.90. The highest BCUT2D eigenvalue weighted by Crippen LogP contribution is 2.44. The summed E-state index contributed by atoms with van der Waals surface area (Å²) in [5.74, 6) is 1.57. The van der Waals surface area contributed by atoms with Crippen molar-refractivity contribution >= 4 is 22.2 Å². The number of carbonyl (C=O) groups excluding carboxylic acids is 1. The van der Waals surface area contributed by atoms with Crippen molar-refractivity contribution in [3.8, 4) is 11.4 Å². The average Bonchev–Trinajstić information content (AvgIpc) is 2.86. The van der Waals surface area contributed by atoms with Crippen molar-refractivity contribution in [2.75, 3.05) is 5.32 Å². The van der Waals surface area contributed by atoms with Crippen LogP contribution >= 0.6 is 11.3 Å². The Morgan fingerprint density at radius 1 is 1.32 bits per heavy atom. The minimum absolute atomic E-state index is 0.0107. The first-order valence-electron chi connectivity index (χ1n) is 6.58. The van der Waals surface area contributed by atoms with E-state index < -0.39 is 0 Å². The molecule has 2 aromatic rings. The van der Waals surface area contributed by atoms with Gasteiger partial charge >= 0.3 is 0 Å². The van der Waals surface area contributed by atoms with Gasteiger partial charge in [0.05, 0.1) is 5.56 Å². The molecule has 1 aliphatic heterocycles. The molecule has 0 unspecified atom stereocenters. The minimum atomic E-state index is -0.0107. The molecule has 2 aromatic heterocycles. The molecule has 5 nitrogen and oxygen atoms in total. The number of hydrogen-bond donors (Lipinski definition) is 1. The summed E-state index contributed by atoms with van der Waals surface area (Å²) in [5, 5.41) is 8.31. The number of thiophene rings is 1. The van der Waals surface area contributed by atoms with E-state index in [0.717, 1.165) is 35.1 Å². The Morgan fingerprint density at radius 2 is 2.16 bits per heavy atom. The Balaban J connectivity index is 2.00. The Labute approximate surface area is 114 Å². The number of aryl methyl sites for hydroxylation is 2. The molecule has 98 valence electrons. The number of nitrogens with zero attached hydrogens (tertiary/aromatic N) is 3. The highest BCUT2D eigenvalue weighted by Gasteiger charge is 2.29. The van der Waals surface area contributed by atoms with Crippen LogP contribution in [0.25, 0.3) is 11.4 Å². The van der Waals surface area contributed by atoms with Gasteiger partial charge < -0.3 is 5.32 Å². The van der Waals surface area contributed by atoms with Crippen LogP contribution in [0.4, 0.5) is 5.00 Å². The van der Waals surface area contributed by atoms with Crippen molar-refractivity contribution in [2.45, 2.75) is 39.2 Å². The van der Waals surface area contributed by atoms with Crippen LogP contribution in [-0.2, 0) is 24.2 Å². The summed E-state index contributed by atoms with van der Waals surface area (Å²) < 4.78 is 1.73. The lowest BCUT2D eigenvalue weighted by Crippen LogP contribution is -2.17. The molecule has 0 fully saturated rings. The molecule has 6 heteroatoms. The van der Waals surface area contributed by atoms with Gasteiger partial charge in [-0.1, -0.05) is 0 Å². The second-order valence-electron chi connectivity index (χ2n) is 5.10. The molecule has 2 aliphatic rings. The number of fused-ring (bicyclic) bond motifs is 5. The van der Waals surface area contributed by atoms with Gasteiger partial charge in [-0.15, -0.1) is 11.3 Å². The van der Waals surface area contributed by atoms with Crippen LogP contribution < -0.4 is 5.32 Å². The Kier molecular flexibility index (Phi) is 2.29. The van der Waals surface area contributed by atoms with Crippen LogP contribution in [0.3, 0.4) is 0 Å². The predicted octanol–water partition coefficient (Wildman–Crippen LogP) is 2.15. The number of anilines is 1. The molecule has 3 heterocycles. The smallest absolute Gasteiger partial charge is 0.246 e. The van der Waals surface area contributed by atoms with Gasteiger partial charge in [-0.3, -0.25) is 4.79 Å². The number of amides is 1. The van der Waals surface area contributed by atoms with Crippen molar-refractivity contribution in [3.05, 3.63) is 16.3 Å². The minimum Gasteiger partial charge on any atom is -0.315 e. The first-order chi connectivity index (χ1) is 9.22. The molecule has 0 spiro atoms. The molecule has 0 bridgehead atoms. The standard InChI is InChI=1S/C13H14N4OS/c1-7-14-12-11-8-4-2-3-5-9(8)19-13(11)15-10(18)6-17(12)16-7/h2-6H2,1H3,(H,15,18). The molecule has 0 saturated heterocycles. The van der Waals surface area contributed by atoms with Crippen molar-refractivity contribution in [1.29, 1.82) is 0 Å². The number of aromatic nitrogens is 3. The Bertz CT molecular complexity index is 685. The first kappa shape index (κ1) is 11.2. The summed E-state index contributed by atoms with van der Waals surface area (Å²) in [6.07, 6.45) is 4.67. The molecular formula is C13H14N4OS. The predicted molar refractivity (Wildman–Crippen MR) is 73.3 cm³/mol. The summed E-state index contributed by atoms with van der Waals surface area (Å²) in [7, 11) is 0. The van der Waals surface area contributed by atoms with E-state index in [0.29, 0.717) is 0 Å². The molecule has 1 aliphatic carbocycles. The van der Waals surface area contributed by atoms with Gasteiger partial charge in [0.1, 0.15) is 17.4 Å². The maximum atomic E-state index is 11.9. The molecule has 1 N–H and O–H groups in total. The van der Waals surface area contributed by atoms with Crippen LogP contribution in [0.5, 0.6) is 0 Å². The number of nitrogens with one attached hydrogen (secondary N) is 1. The third-order valence-corrected chi connectivity index (χ3v) is 4.93. The van der Waals surface area contributed by atoms with Crippen LogP contribution in [0.2, 0.25) is 0 Å². The van der Waals surface area contributed by atoms with Crippen LogP contribution in [0, 0.1) is 6.92 Å². The molecule has 0 radical (unpaired) electrons. The van der Waals surface area contributed by atoms with E-state index in [1.165, 1.54) is 23.3 Å². The summed E-state index contributed by atoms with van der Waals surface area (Å²) in [6, 6.07) is 0. The fraction of sp³-hybridized carbons (Fsp3) is 0.462. The van der Waals surface area contributed by atoms with E-state index in [4.69, 9.17) is 0 Å².